The summed E-state index contributed by atoms with van der Waals surface area (Å²) in [6.07, 6.45) is 0.299. The average molecular weight is 370 g/mol. The van der Waals surface area contributed by atoms with E-state index in [1.54, 1.807) is 25.1 Å². The maximum atomic E-state index is 13.2. The molecule has 0 aromatic heterocycles. The van der Waals surface area contributed by atoms with Gasteiger partial charge in [0.1, 0.15) is 5.75 Å². The first kappa shape index (κ1) is 19.2. The van der Waals surface area contributed by atoms with Crippen molar-refractivity contribution in [3.63, 3.8) is 0 Å². The highest BCUT2D eigenvalue weighted by molar-refractivity contribution is 6.07. The van der Waals surface area contributed by atoms with Crippen molar-refractivity contribution in [1.82, 2.24) is 0 Å². The Labute approximate surface area is 157 Å². The van der Waals surface area contributed by atoms with Gasteiger partial charge in [0.25, 0.3) is 5.79 Å². The Balaban J connectivity index is 2.22. The molecule has 0 fully saturated rings. The van der Waals surface area contributed by atoms with Crippen LogP contribution in [-0.2, 0) is 15.3 Å². The second-order valence-electron chi connectivity index (χ2n) is 6.45. The molecule has 0 aliphatic carbocycles. The van der Waals surface area contributed by atoms with E-state index in [2.05, 4.69) is 0 Å². The molecule has 0 radical (unpaired) electrons. The van der Waals surface area contributed by atoms with Gasteiger partial charge in [-0.2, -0.15) is 0 Å². The lowest BCUT2D eigenvalue weighted by Gasteiger charge is -2.46. The van der Waals surface area contributed by atoms with Crippen molar-refractivity contribution in [1.29, 1.82) is 0 Å². The van der Waals surface area contributed by atoms with E-state index in [1.807, 2.05) is 19.1 Å². The lowest BCUT2D eigenvalue weighted by atomic mass is 9.85. The summed E-state index contributed by atoms with van der Waals surface area (Å²) < 4.78 is 16.8. The molecule has 142 valence electrons. The summed E-state index contributed by atoms with van der Waals surface area (Å²) in [6, 6.07) is 11.6. The molecule has 0 saturated carbocycles. The fourth-order valence-electron chi connectivity index (χ4n) is 3.28. The molecule has 1 heterocycles. The predicted molar refractivity (Wildman–Crippen MR) is 97.8 cm³/mol. The van der Waals surface area contributed by atoms with Gasteiger partial charge in [0, 0.05) is 31.8 Å². The molecule has 6 nitrogen and oxygen atoms in total. The van der Waals surface area contributed by atoms with Crippen molar-refractivity contribution in [2.45, 2.75) is 31.8 Å². The van der Waals surface area contributed by atoms with Crippen molar-refractivity contribution in [2.24, 2.45) is 0 Å². The van der Waals surface area contributed by atoms with E-state index in [0.717, 1.165) is 5.56 Å². The van der Waals surface area contributed by atoms with Crippen LogP contribution >= 0.6 is 0 Å². The van der Waals surface area contributed by atoms with E-state index in [0.29, 0.717) is 17.5 Å². The maximum Gasteiger partial charge on any atom is 0.304 e. The topological polar surface area (TPSA) is 82.1 Å². The predicted octanol–water partition coefficient (Wildman–Crippen LogP) is 3.00. The van der Waals surface area contributed by atoms with E-state index in [9.17, 15) is 14.7 Å². The number of fused-ring (bicyclic) bond motifs is 1. The third-order valence-electron chi connectivity index (χ3n) is 4.89. The van der Waals surface area contributed by atoms with E-state index >= 15 is 0 Å². The van der Waals surface area contributed by atoms with E-state index in [4.69, 9.17) is 14.2 Å². The molecule has 0 saturated heterocycles. The number of rotatable bonds is 5. The summed E-state index contributed by atoms with van der Waals surface area (Å²) in [6.45, 7) is 3.65. The average Bonchev–Trinajstić information content (AvgIpc) is 2.70. The normalized spacial score (nSPS) is 24.3. The number of hydrogen-bond donors (Lipinski definition) is 1. The van der Waals surface area contributed by atoms with Crippen molar-refractivity contribution in [3.8, 4) is 5.75 Å². The monoisotopic (exact) mass is 370 g/mol. The molecule has 3 rings (SSSR count). The molecule has 2 atom stereocenters. The van der Waals surface area contributed by atoms with Crippen LogP contribution in [-0.4, -0.2) is 36.7 Å². The van der Waals surface area contributed by atoms with E-state index in [-0.39, 0.29) is 17.1 Å². The Morgan fingerprint density at radius 3 is 2.33 bits per heavy atom. The van der Waals surface area contributed by atoms with Crippen molar-refractivity contribution in [2.75, 3.05) is 14.2 Å². The number of ether oxygens (including phenoxy) is 3. The molecule has 1 aliphatic heterocycles. The molecule has 2 aromatic rings. The van der Waals surface area contributed by atoms with Crippen LogP contribution in [0.5, 0.6) is 5.75 Å². The minimum atomic E-state index is -2.43. The van der Waals surface area contributed by atoms with E-state index < -0.39 is 17.4 Å². The Kier molecular flexibility index (Phi) is 4.90. The van der Waals surface area contributed by atoms with Gasteiger partial charge < -0.3 is 19.3 Å². The van der Waals surface area contributed by atoms with Gasteiger partial charge in [0.2, 0.25) is 5.78 Å². The Morgan fingerprint density at radius 1 is 1.11 bits per heavy atom. The molecule has 0 amide bonds. The number of Topliss-reactive ketones (excluding diaryl/α,β-unsaturated/α-hetero) is 2. The highest BCUT2D eigenvalue weighted by Crippen LogP contribution is 2.47. The first-order valence-corrected chi connectivity index (χ1v) is 8.63. The third-order valence-corrected chi connectivity index (χ3v) is 4.89. The van der Waals surface area contributed by atoms with Crippen LogP contribution < -0.4 is 4.74 Å². The van der Waals surface area contributed by atoms with Crippen LogP contribution in [0.2, 0.25) is 0 Å². The first-order chi connectivity index (χ1) is 12.8. The van der Waals surface area contributed by atoms with Gasteiger partial charge in [0.15, 0.2) is 5.78 Å². The molecule has 1 N–H and O–H groups in total. The fraction of sp³-hybridized carbons (Fsp3) is 0.333. The SMILES string of the molecule is CCC(=O)c1ccc2c(c1)C(=O)C(O)(OC)C(OC)(c1ccc(C)cc1)O2. The second-order valence-corrected chi connectivity index (χ2v) is 6.45. The molecular weight excluding hydrogens is 348 g/mol. The van der Waals surface area contributed by atoms with Crippen LogP contribution in [0.1, 0.15) is 45.2 Å². The second kappa shape index (κ2) is 6.88. The highest BCUT2D eigenvalue weighted by atomic mass is 16.8. The Hall–Kier alpha value is -2.54. The molecule has 2 unspecified atom stereocenters. The first-order valence-electron chi connectivity index (χ1n) is 8.63. The lowest BCUT2D eigenvalue weighted by Crippen LogP contribution is -2.64. The molecule has 2 aromatic carbocycles. The zero-order valence-corrected chi connectivity index (χ0v) is 15.7. The third kappa shape index (κ3) is 2.77. The van der Waals surface area contributed by atoms with Gasteiger partial charge in [-0.05, 0) is 25.1 Å². The molecule has 0 spiro atoms. The van der Waals surface area contributed by atoms with Crippen LogP contribution in [0.25, 0.3) is 0 Å². The van der Waals surface area contributed by atoms with Crippen molar-refractivity contribution >= 4 is 11.6 Å². The van der Waals surface area contributed by atoms with Gasteiger partial charge in [-0.15, -0.1) is 0 Å². The summed E-state index contributed by atoms with van der Waals surface area (Å²) in [7, 11) is 2.53. The zero-order valence-electron chi connectivity index (χ0n) is 15.7. The molecular formula is C21H22O6. The highest BCUT2D eigenvalue weighted by Gasteiger charge is 2.64. The van der Waals surface area contributed by atoms with Crippen molar-refractivity contribution in [3.05, 3.63) is 64.7 Å². The Bertz CT molecular complexity index is 888. The molecule has 27 heavy (non-hydrogen) atoms. The summed E-state index contributed by atoms with van der Waals surface area (Å²) in [5.74, 6) is -4.97. The number of carbonyl (C=O) groups is 2. The van der Waals surface area contributed by atoms with Gasteiger partial charge in [-0.25, -0.2) is 0 Å². The summed E-state index contributed by atoms with van der Waals surface area (Å²) in [4.78, 5) is 25.2. The quantitative estimate of drug-likeness (QED) is 0.644. The van der Waals surface area contributed by atoms with Gasteiger partial charge >= 0.3 is 5.79 Å². The number of hydrogen-bond acceptors (Lipinski definition) is 6. The number of ketones is 2. The summed E-state index contributed by atoms with van der Waals surface area (Å²) in [5.41, 5.74) is 1.86. The number of aliphatic hydroxyl groups is 1. The number of benzene rings is 2. The molecule has 6 heteroatoms. The largest absolute Gasteiger partial charge is 0.451 e. The number of carbonyl (C=O) groups excluding carboxylic acids is 2. The summed E-state index contributed by atoms with van der Waals surface area (Å²) in [5, 5.41) is 11.2. The molecule has 0 bridgehead atoms. The van der Waals surface area contributed by atoms with Crippen LogP contribution in [0.3, 0.4) is 0 Å². The maximum absolute atomic E-state index is 13.2. The Morgan fingerprint density at radius 2 is 1.78 bits per heavy atom. The summed E-state index contributed by atoms with van der Waals surface area (Å²) >= 11 is 0. The number of aryl methyl sites for hydroxylation is 1. The smallest absolute Gasteiger partial charge is 0.304 e. The van der Waals surface area contributed by atoms with Gasteiger partial charge in [-0.3, -0.25) is 9.59 Å². The van der Waals surface area contributed by atoms with Crippen LogP contribution in [0, 0.1) is 6.92 Å². The standard InChI is InChI=1S/C21H22O6/c1-5-17(22)14-8-11-18-16(12-14)19(23)20(24,25-3)21(26-4,27-18)15-9-6-13(2)7-10-15/h6-12,24H,5H2,1-4H3. The zero-order chi connectivity index (χ0) is 19.8. The number of methoxy groups -OCH3 is 2. The van der Waals surface area contributed by atoms with Gasteiger partial charge in [0.05, 0.1) is 5.56 Å². The van der Waals surface area contributed by atoms with Crippen molar-refractivity contribution < 1.29 is 28.9 Å². The molecule has 1 aliphatic rings. The van der Waals surface area contributed by atoms with Gasteiger partial charge in [-0.1, -0.05) is 36.8 Å². The lowest BCUT2D eigenvalue weighted by molar-refractivity contribution is -0.346. The fourth-order valence-corrected chi connectivity index (χ4v) is 3.28. The minimum Gasteiger partial charge on any atom is -0.451 e. The minimum absolute atomic E-state index is 0.0680. The van der Waals surface area contributed by atoms with Crippen LogP contribution in [0.4, 0.5) is 0 Å². The van der Waals surface area contributed by atoms with E-state index in [1.165, 1.54) is 26.4 Å². The van der Waals surface area contributed by atoms with Crippen LogP contribution in [0.15, 0.2) is 42.5 Å².